The fraction of sp³-hybridized carbons (Fsp3) is 0.278. The van der Waals surface area contributed by atoms with Gasteiger partial charge in [0.25, 0.3) is 0 Å². The Morgan fingerprint density at radius 2 is 1.80 bits per heavy atom. The zero-order chi connectivity index (χ0) is 17.8. The number of aryl methyl sites for hydroxylation is 1. The molecule has 0 N–H and O–H groups in total. The van der Waals surface area contributed by atoms with E-state index in [1.54, 1.807) is 16.5 Å². The SMILES string of the molecule is COc1ccc(-n2nnn(CN(C)Cc3ccccc3C)c2=S)cc1. The van der Waals surface area contributed by atoms with E-state index in [1.807, 2.05) is 31.3 Å². The molecule has 130 valence electrons. The van der Waals surface area contributed by atoms with E-state index in [4.69, 9.17) is 17.0 Å². The number of aromatic nitrogens is 4. The molecule has 0 unspecified atom stereocenters. The van der Waals surface area contributed by atoms with Crippen molar-refractivity contribution in [2.24, 2.45) is 0 Å². The Labute approximate surface area is 152 Å². The number of benzene rings is 2. The van der Waals surface area contributed by atoms with Gasteiger partial charge in [-0.1, -0.05) is 24.3 Å². The van der Waals surface area contributed by atoms with Gasteiger partial charge >= 0.3 is 0 Å². The van der Waals surface area contributed by atoms with Crippen LogP contribution in [0.4, 0.5) is 0 Å². The summed E-state index contributed by atoms with van der Waals surface area (Å²) in [5.41, 5.74) is 3.43. The Kier molecular flexibility index (Phi) is 5.25. The zero-order valence-corrected chi connectivity index (χ0v) is 15.4. The molecule has 25 heavy (non-hydrogen) atoms. The van der Waals surface area contributed by atoms with Gasteiger partial charge in [-0.3, -0.25) is 4.90 Å². The lowest BCUT2D eigenvalue weighted by molar-refractivity contribution is 0.241. The Morgan fingerprint density at radius 3 is 2.48 bits per heavy atom. The molecule has 0 radical (unpaired) electrons. The third-order valence-corrected chi connectivity index (χ3v) is 4.42. The summed E-state index contributed by atoms with van der Waals surface area (Å²) < 4.78 is 9.10. The topological polar surface area (TPSA) is 48.1 Å². The molecule has 1 heterocycles. The molecule has 3 aromatic rings. The average molecular weight is 355 g/mol. The molecule has 0 aliphatic heterocycles. The van der Waals surface area contributed by atoms with Crippen LogP contribution in [0.15, 0.2) is 48.5 Å². The van der Waals surface area contributed by atoms with Gasteiger partial charge in [-0.25, -0.2) is 4.68 Å². The van der Waals surface area contributed by atoms with E-state index in [2.05, 4.69) is 46.5 Å². The lowest BCUT2D eigenvalue weighted by Crippen LogP contribution is -2.23. The molecular formula is C18H21N5OS. The van der Waals surface area contributed by atoms with E-state index in [0.29, 0.717) is 11.4 Å². The zero-order valence-electron chi connectivity index (χ0n) is 14.6. The lowest BCUT2D eigenvalue weighted by Gasteiger charge is -2.17. The van der Waals surface area contributed by atoms with Gasteiger partial charge in [0, 0.05) is 6.54 Å². The summed E-state index contributed by atoms with van der Waals surface area (Å²) in [6.07, 6.45) is 0. The molecule has 0 saturated carbocycles. The number of nitrogens with zero attached hydrogens (tertiary/aromatic N) is 5. The standard InChI is InChI=1S/C18H21N5OS/c1-14-6-4-5-7-15(14)12-21(2)13-22-18(25)23(20-19-22)16-8-10-17(24-3)11-9-16/h4-11H,12-13H2,1-3H3. The molecule has 0 atom stereocenters. The minimum Gasteiger partial charge on any atom is -0.497 e. The first kappa shape index (κ1) is 17.3. The van der Waals surface area contributed by atoms with Crippen molar-refractivity contribution < 1.29 is 4.74 Å². The van der Waals surface area contributed by atoms with Crippen LogP contribution >= 0.6 is 12.2 Å². The van der Waals surface area contributed by atoms with Crippen molar-refractivity contribution in [3.05, 3.63) is 64.4 Å². The number of hydrogen-bond donors (Lipinski definition) is 0. The van der Waals surface area contributed by atoms with Crippen molar-refractivity contribution in [1.82, 2.24) is 24.7 Å². The van der Waals surface area contributed by atoms with Crippen LogP contribution in [-0.2, 0) is 13.2 Å². The lowest BCUT2D eigenvalue weighted by atomic mass is 10.1. The number of rotatable bonds is 6. The highest BCUT2D eigenvalue weighted by Gasteiger charge is 2.09. The normalized spacial score (nSPS) is 11.0. The third kappa shape index (κ3) is 3.94. The van der Waals surface area contributed by atoms with Gasteiger partial charge in [-0.15, -0.1) is 0 Å². The van der Waals surface area contributed by atoms with Gasteiger partial charge in [0.1, 0.15) is 5.75 Å². The summed E-state index contributed by atoms with van der Waals surface area (Å²) in [5, 5.41) is 8.37. The Bertz CT molecular complexity index is 900. The summed E-state index contributed by atoms with van der Waals surface area (Å²) in [7, 11) is 3.68. The maximum Gasteiger partial charge on any atom is 0.221 e. The van der Waals surface area contributed by atoms with Gasteiger partial charge in [0.15, 0.2) is 0 Å². The molecule has 2 aromatic carbocycles. The van der Waals surface area contributed by atoms with Crippen molar-refractivity contribution in [3.63, 3.8) is 0 Å². The van der Waals surface area contributed by atoms with Crippen LogP contribution in [0, 0.1) is 11.7 Å². The highest BCUT2D eigenvalue weighted by Crippen LogP contribution is 2.15. The first-order chi connectivity index (χ1) is 12.1. The Balaban J connectivity index is 1.74. The van der Waals surface area contributed by atoms with Crippen LogP contribution in [0.25, 0.3) is 5.69 Å². The Morgan fingerprint density at radius 1 is 1.08 bits per heavy atom. The second-order valence-corrected chi connectivity index (χ2v) is 6.32. The van der Waals surface area contributed by atoms with Crippen LogP contribution in [-0.4, -0.2) is 38.8 Å². The van der Waals surface area contributed by atoms with E-state index in [9.17, 15) is 0 Å². The molecule has 0 spiro atoms. The first-order valence-electron chi connectivity index (χ1n) is 7.99. The van der Waals surface area contributed by atoms with Crippen LogP contribution in [0.2, 0.25) is 0 Å². The monoisotopic (exact) mass is 355 g/mol. The van der Waals surface area contributed by atoms with Gasteiger partial charge in [0.2, 0.25) is 4.77 Å². The molecule has 7 heteroatoms. The second kappa shape index (κ2) is 7.58. The summed E-state index contributed by atoms with van der Waals surface area (Å²) in [6.45, 7) is 3.52. The summed E-state index contributed by atoms with van der Waals surface area (Å²) in [5.74, 6) is 0.792. The van der Waals surface area contributed by atoms with E-state index >= 15 is 0 Å². The van der Waals surface area contributed by atoms with E-state index in [1.165, 1.54) is 11.1 Å². The summed E-state index contributed by atoms with van der Waals surface area (Å²) in [4.78, 5) is 2.16. The van der Waals surface area contributed by atoms with Gasteiger partial charge in [0.05, 0.1) is 19.5 Å². The number of tetrazole rings is 1. The van der Waals surface area contributed by atoms with Crippen molar-refractivity contribution >= 4 is 12.2 Å². The minimum atomic E-state index is 0.557. The molecule has 0 saturated heterocycles. The van der Waals surface area contributed by atoms with Crippen LogP contribution < -0.4 is 4.74 Å². The maximum absolute atomic E-state index is 5.52. The average Bonchev–Trinajstić information content (AvgIpc) is 2.97. The van der Waals surface area contributed by atoms with Crippen molar-refractivity contribution in [2.75, 3.05) is 14.2 Å². The number of ether oxygens (including phenoxy) is 1. The van der Waals surface area contributed by atoms with Crippen molar-refractivity contribution in [2.45, 2.75) is 20.1 Å². The molecule has 0 aliphatic carbocycles. The van der Waals surface area contributed by atoms with Crippen LogP contribution in [0.1, 0.15) is 11.1 Å². The molecule has 0 fully saturated rings. The maximum atomic E-state index is 5.52. The number of methoxy groups -OCH3 is 1. The van der Waals surface area contributed by atoms with Crippen LogP contribution in [0.3, 0.4) is 0 Å². The van der Waals surface area contributed by atoms with E-state index in [0.717, 1.165) is 18.0 Å². The predicted octanol–water partition coefficient (Wildman–Crippen LogP) is 3.20. The molecule has 0 amide bonds. The largest absolute Gasteiger partial charge is 0.497 e. The number of hydrogen-bond acceptors (Lipinski definition) is 5. The fourth-order valence-electron chi connectivity index (χ4n) is 2.61. The molecule has 1 aromatic heterocycles. The molecule has 0 aliphatic rings. The third-order valence-electron chi connectivity index (χ3n) is 4.03. The molecular weight excluding hydrogens is 334 g/mol. The summed E-state index contributed by atoms with van der Waals surface area (Å²) in [6, 6.07) is 15.9. The fourth-order valence-corrected chi connectivity index (χ4v) is 2.84. The smallest absolute Gasteiger partial charge is 0.221 e. The Hall–Kier alpha value is -2.51. The first-order valence-corrected chi connectivity index (χ1v) is 8.39. The quantitative estimate of drug-likeness (QED) is 0.636. The van der Waals surface area contributed by atoms with Gasteiger partial charge < -0.3 is 4.74 Å². The van der Waals surface area contributed by atoms with E-state index in [-0.39, 0.29) is 0 Å². The predicted molar refractivity (Wildman–Crippen MR) is 99.4 cm³/mol. The van der Waals surface area contributed by atoms with Crippen molar-refractivity contribution in [1.29, 1.82) is 0 Å². The van der Waals surface area contributed by atoms with Gasteiger partial charge in [-0.05, 0) is 72.0 Å². The molecule has 3 rings (SSSR count). The van der Waals surface area contributed by atoms with Gasteiger partial charge in [-0.2, -0.15) is 4.68 Å². The molecule has 6 nitrogen and oxygen atoms in total. The summed E-state index contributed by atoms with van der Waals surface area (Å²) >= 11 is 5.52. The molecule has 0 bridgehead atoms. The highest BCUT2D eigenvalue weighted by atomic mass is 32.1. The van der Waals surface area contributed by atoms with E-state index < -0.39 is 0 Å². The van der Waals surface area contributed by atoms with Crippen LogP contribution in [0.5, 0.6) is 5.75 Å². The minimum absolute atomic E-state index is 0.557. The highest BCUT2D eigenvalue weighted by molar-refractivity contribution is 7.71. The van der Waals surface area contributed by atoms with Crippen molar-refractivity contribution in [3.8, 4) is 11.4 Å². The second-order valence-electron chi connectivity index (χ2n) is 5.95.